The predicted octanol–water partition coefficient (Wildman–Crippen LogP) is 0.304. The molecule has 2 nitrogen and oxygen atoms in total. The van der Waals surface area contributed by atoms with E-state index in [2.05, 4.69) is 0 Å². The highest BCUT2D eigenvalue weighted by atomic mass is 16.3. The summed E-state index contributed by atoms with van der Waals surface area (Å²) >= 11 is 0. The molecule has 8 heavy (non-hydrogen) atoms. The first-order valence-electron chi connectivity index (χ1n) is 2.67. The molecule has 0 fully saturated rings. The molecule has 0 rings (SSSR count). The first-order valence-corrected chi connectivity index (χ1v) is 2.67. The van der Waals surface area contributed by atoms with E-state index in [1.807, 2.05) is 0 Å². The summed E-state index contributed by atoms with van der Waals surface area (Å²) in [6.07, 6.45) is 2.18. The number of aliphatic hydroxyl groups is 2. The van der Waals surface area contributed by atoms with Gasteiger partial charge in [-0.05, 0) is 13.8 Å². The molecule has 0 radical (unpaired) electrons. The monoisotopic (exact) mass is 117 g/mol. The molecule has 0 aromatic heterocycles. The summed E-state index contributed by atoms with van der Waals surface area (Å²) < 4.78 is 0. The molecule has 0 bridgehead atoms. The van der Waals surface area contributed by atoms with Crippen LogP contribution < -0.4 is 0 Å². The van der Waals surface area contributed by atoms with Gasteiger partial charge in [0.2, 0.25) is 0 Å². The molecule has 0 aliphatic heterocycles. The summed E-state index contributed by atoms with van der Waals surface area (Å²) in [5.41, 5.74) is 0. The molecule has 0 aliphatic rings. The van der Waals surface area contributed by atoms with Crippen molar-refractivity contribution < 1.29 is 10.2 Å². The lowest BCUT2D eigenvalue weighted by Crippen LogP contribution is -1.97. The van der Waals surface area contributed by atoms with E-state index in [4.69, 9.17) is 10.2 Å². The van der Waals surface area contributed by atoms with Crippen LogP contribution in [0.15, 0.2) is 12.2 Å². The van der Waals surface area contributed by atoms with E-state index in [1.54, 1.807) is 26.0 Å². The van der Waals surface area contributed by atoms with Crippen LogP contribution in [0.4, 0.5) is 0 Å². The molecule has 0 aromatic rings. The van der Waals surface area contributed by atoms with Gasteiger partial charge in [-0.2, -0.15) is 0 Å². The van der Waals surface area contributed by atoms with Crippen LogP contribution in [0.3, 0.4) is 0 Å². The molecule has 2 N–H and O–H groups in total. The normalized spacial score (nSPS) is 19.0. The molecule has 2 unspecified atom stereocenters. The molecule has 0 amide bonds. The largest absolute Gasteiger partial charge is 0.389 e. The number of hydrogen-bond acceptors (Lipinski definition) is 2. The van der Waals surface area contributed by atoms with Gasteiger partial charge in [-0.1, -0.05) is 12.2 Å². The summed E-state index contributed by atoms with van der Waals surface area (Å²) in [4.78, 5) is 0. The zero-order valence-electron chi connectivity index (χ0n) is 5.20. The van der Waals surface area contributed by atoms with Gasteiger partial charge in [0, 0.05) is 0 Å². The summed E-state index contributed by atoms with van der Waals surface area (Å²) in [5.74, 6) is 0. The van der Waals surface area contributed by atoms with Crippen LogP contribution in [-0.4, -0.2) is 22.4 Å². The van der Waals surface area contributed by atoms with E-state index in [1.165, 1.54) is 0 Å². The van der Waals surface area contributed by atoms with E-state index >= 15 is 0 Å². The maximum atomic E-state index is 8.60. The Labute approximate surface area is 49.5 Å². The van der Waals surface area contributed by atoms with Gasteiger partial charge in [0.05, 0.1) is 12.2 Å². The highest BCUT2D eigenvalue weighted by molar-refractivity contribution is 4.89. The van der Waals surface area contributed by atoms with E-state index in [0.717, 1.165) is 0 Å². The Kier molecular flexibility index (Phi) is 3.48. The first-order chi connectivity index (χ1) is 3.63. The Morgan fingerprint density at radius 1 is 1.00 bits per heavy atom. The van der Waals surface area contributed by atoms with Crippen molar-refractivity contribution in [2.45, 2.75) is 26.1 Å². The fourth-order valence-corrected chi connectivity index (χ4v) is 0.322. The van der Waals surface area contributed by atoms with E-state index < -0.39 is 12.2 Å². The van der Waals surface area contributed by atoms with Gasteiger partial charge in [0.15, 0.2) is 0 Å². The second-order valence-corrected chi connectivity index (χ2v) is 1.87. The van der Waals surface area contributed by atoms with E-state index in [9.17, 15) is 0 Å². The lowest BCUT2D eigenvalue weighted by atomic mass is 10.3. The van der Waals surface area contributed by atoms with Gasteiger partial charge in [-0.15, -0.1) is 0 Å². The molecule has 0 aromatic carbocycles. The summed E-state index contributed by atoms with van der Waals surface area (Å²) in [5, 5.41) is 17.2. The van der Waals surface area contributed by atoms with Crippen molar-refractivity contribution in [1.82, 2.24) is 0 Å². The minimum Gasteiger partial charge on any atom is -0.389 e. The third kappa shape index (κ3) is 5.66. The number of hydrogen-bond donors (Lipinski definition) is 2. The molecule has 0 saturated carbocycles. The van der Waals surface area contributed by atoms with Crippen LogP contribution in [0, 0.1) is 0 Å². The van der Waals surface area contributed by atoms with Crippen molar-refractivity contribution >= 4 is 0 Å². The summed E-state index contributed by atoms with van der Waals surface area (Å²) in [6, 6.07) is 0. The van der Waals surface area contributed by atoms with Crippen LogP contribution in [0.25, 0.3) is 0 Å². The third-order valence-electron chi connectivity index (χ3n) is 0.668. The van der Waals surface area contributed by atoms with Crippen molar-refractivity contribution in [3.63, 3.8) is 0 Å². The smallest absolute Gasteiger partial charge is 0.0693 e. The van der Waals surface area contributed by atoms with Crippen molar-refractivity contribution in [1.29, 1.82) is 0 Å². The Bertz CT molecular complexity index is 64.6. The Hall–Kier alpha value is -0.340. The fraction of sp³-hybridized carbons (Fsp3) is 0.667. The Balaban J connectivity index is 3.34. The summed E-state index contributed by atoms with van der Waals surface area (Å²) in [6.45, 7) is 3.28. The zero-order chi connectivity index (χ0) is 6.57. The molecule has 0 saturated heterocycles. The van der Waals surface area contributed by atoms with Crippen LogP contribution in [0.5, 0.6) is 0 Å². The van der Waals surface area contributed by atoms with Gasteiger partial charge in [-0.3, -0.25) is 0 Å². The maximum absolute atomic E-state index is 8.60. The van der Waals surface area contributed by atoms with E-state index in [0.29, 0.717) is 0 Å². The molecule has 2 heteroatoms. The van der Waals surface area contributed by atoms with Gasteiger partial charge in [0.25, 0.3) is 0 Å². The molecule has 0 aliphatic carbocycles. The van der Waals surface area contributed by atoms with Gasteiger partial charge in [-0.25, -0.2) is 0 Å². The average Bonchev–Trinajstić information content (AvgIpc) is 1.61. The molecular weight excluding hydrogens is 105 g/mol. The minimum absolute atomic E-state index is 0.454. The van der Waals surface area contributed by atoms with Crippen LogP contribution in [0.2, 0.25) is 0 Å². The molecule has 2 atom stereocenters. The lowest BCUT2D eigenvalue weighted by molar-refractivity contribution is 0.228. The zero-order valence-corrected chi connectivity index (χ0v) is 5.20. The molecule has 0 heterocycles. The number of rotatable bonds is 2. The molecule has 48 valence electrons. The third-order valence-corrected chi connectivity index (χ3v) is 0.668. The number of aliphatic hydroxyl groups excluding tert-OH is 2. The Morgan fingerprint density at radius 2 is 1.25 bits per heavy atom. The lowest BCUT2D eigenvalue weighted by Gasteiger charge is -1.94. The quantitative estimate of drug-likeness (QED) is 0.403. The van der Waals surface area contributed by atoms with Crippen LogP contribution in [-0.2, 0) is 0 Å². The highest BCUT2D eigenvalue weighted by Gasteiger charge is 1.87. The Morgan fingerprint density at radius 3 is 1.38 bits per heavy atom. The van der Waals surface area contributed by atoms with Gasteiger partial charge >= 0.3 is 0 Å². The summed E-state index contributed by atoms with van der Waals surface area (Å²) in [7, 11) is 0. The SMILES string of the molecule is CC(O)C=CC([13CH3])O. The van der Waals surface area contributed by atoms with Crippen molar-refractivity contribution in [2.75, 3.05) is 0 Å². The maximum Gasteiger partial charge on any atom is 0.0693 e. The standard InChI is InChI=1S/C6H12O2/c1-5(7)3-4-6(2)8/h3-8H,1-2H3/i1+1. The first kappa shape index (κ1) is 7.66. The fourth-order valence-electron chi connectivity index (χ4n) is 0.322. The van der Waals surface area contributed by atoms with Crippen LogP contribution in [0.1, 0.15) is 13.8 Å². The average molecular weight is 117 g/mol. The molecule has 0 spiro atoms. The van der Waals surface area contributed by atoms with E-state index in [-0.39, 0.29) is 0 Å². The molecular formula is C6H12O2. The van der Waals surface area contributed by atoms with Crippen molar-refractivity contribution in [2.24, 2.45) is 0 Å². The topological polar surface area (TPSA) is 40.5 Å². The second-order valence-electron chi connectivity index (χ2n) is 1.87. The van der Waals surface area contributed by atoms with Crippen LogP contribution >= 0.6 is 0 Å². The minimum atomic E-state index is -0.454. The van der Waals surface area contributed by atoms with Crippen molar-refractivity contribution in [3.8, 4) is 0 Å². The van der Waals surface area contributed by atoms with Gasteiger partial charge in [0.1, 0.15) is 0 Å². The van der Waals surface area contributed by atoms with Crippen molar-refractivity contribution in [3.05, 3.63) is 12.2 Å². The van der Waals surface area contributed by atoms with Gasteiger partial charge < -0.3 is 10.2 Å². The predicted molar refractivity (Wildman–Crippen MR) is 32.5 cm³/mol. The second kappa shape index (κ2) is 3.64. The highest BCUT2D eigenvalue weighted by Crippen LogP contribution is 1.86.